The number of rotatable bonds is 7. The van der Waals surface area contributed by atoms with Gasteiger partial charge in [0, 0.05) is 32.8 Å². The Kier molecular flexibility index (Phi) is 7.84. The van der Waals surface area contributed by atoms with Gasteiger partial charge >= 0.3 is 5.97 Å². The summed E-state index contributed by atoms with van der Waals surface area (Å²) in [4.78, 5) is 40.4. The summed E-state index contributed by atoms with van der Waals surface area (Å²) >= 11 is 0. The number of carbonyl (C=O) groups is 3. The Labute approximate surface area is 155 Å². The first-order valence-corrected chi connectivity index (χ1v) is 9.46. The maximum Gasteiger partial charge on any atom is 0.328 e. The molecule has 2 fully saturated rings. The number of nitrogens with zero attached hydrogens (tertiary/aromatic N) is 2. The van der Waals surface area contributed by atoms with Crippen molar-refractivity contribution in [1.82, 2.24) is 15.1 Å². The van der Waals surface area contributed by atoms with E-state index in [2.05, 4.69) is 5.32 Å². The van der Waals surface area contributed by atoms with E-state index in [1.807, 2.05) is 23.6 Å². The molecule has 2 saturated heterocycles. The van der Waals surface area contributed by atoms with E-state index >= 15 is 0 Å². The van der Waals surface area contributed by atoms with Gasteiger partial charge in [0.05, 0.1) is 13.7 Å². The molecule has 26 heavy (non-hydrogen) atoms. The minimum atomic E-state index is -0.625. The van der Waals surface area contributed by atoms with Crippen molar-refractivity contribution in [2.24, 2.45) is 5.92 Å². The molecule has 2 heterocycles. The SMILES string of the molecule is CCC(C)C(NC(=O)CN1CCN(C(=O)C2CCCO2)CC1)C(=O)OC. The van der Waals surface area contributed by atoms with Crippen LogP contribution >= 0.6 is 0 Å². The van der Waals surface area contributed by atoms with E-state index in [1.165, 1.54) is 7.11 Å². The smallest absolute Gasteiger partial charge is 0.328 e. The molecule has 8 nitrogen and oxygen atoms in total. The number of carbonyl (C=O) groups excluding carboxylic acids is 3. The van der Waals surface area contributed by atoms with Crippen LogP contribution in [0.25, 0.3) is 0 Å². The molecule has 0 bridgehead atoms. The largest absolute Gasteiger partial charge is 0.467 e. The van der Waals surface area contributed by atoms with Crippen molar-refractivity contribution in [3.63, 3.8) is 0 Å². The number of nitrogens with one attached hydrogen (secondary N) is 1. The molecule has 0 aromatic heterocycles. The molecule has 3 atom stereocenters. The minimum Gasteiger partial charge on any atom is -0.467 e. The highest BCUT2D eigenvalue weighted by Gasteiger charge is 2.31. The van der Waals surface area contributed by atoms with Crippen LogP contribution in [-0.2, 0) is 23.9 Å². The predicted molar refractivity (Wildman–Crippen MR) is 95.4 cm³/mol. The molecule has 0 radical (unpaired) electrons. The molecular weight excluding hydrogens is 338 g/mol. The highest BCUT2D eigenvalue weighted by atomic mass is 16.5. The molecule has 0 aromatic carbocycles. The van der Waals surface area contributed by atoms with Crippen LogP contribution < -0.4 is 5.32 Å². The normalized spacial score (nSPS) is 23.3. The van der Waals surface area contributed by atoms with Crippen molar-refractivity contribution >= 4 is 17.8 Å². The van der Waals surface area contributed by atoms with Crippen molar-refractivity contribution in [2.45, 2.75) is 45.3 Å². The zero-order valence-electron chi connectivity index (χ0n) is 16.0. The van der Waals surface area contributed by atoms with Crippen LogP contribution in [0.15, 0.2) is 0 Å². The van der Waals surface area contributed by atoms with Gasteiger partial charge in [0.2, 0.25) is 5.91 Å². The Bertz CT molecular complexity index is 499. The third-order valence-corrected chi connectivity index (χ3v) is 5.24. The van der Waals surface area contributed by atoms with Gasteiger partial charge in [0.1, 0.15) is 12.1 Å². The third kappa shape index (κ3) is 5.41. The van der Waals surface area contributed by atoms with Gasteiger partial charge in [-0.05, 0) is 18.8 Å². The number of ether oxygens (including phenoxy) is 2. The average Bonchev–Trinajstić information content (AvgIpc) is 3.19. The second-order valence-corrected chi connectivity index (χ2v) is 7.06. The average molecular weight is 369 g/mol. The van der Waals surface area contributed by atoms with Gasteiger partial charge in [-0.3, -0.25) is 14.5 Å². The van der Waals surface area contributed by atoms with E-state index in [0.29, 0.717) is 32.8 Å². The van der Waals surface area contributed by atoms with E-state index in [9.17, 15) is 14.4 Å². The van der Waals surface area contributed by atoms with Gasteiger partial charge in [-0.25, -0.2) is 4.79 Å². The van der Waals surface area contributed by atoms with Gasteiger partial charge in [0.25, 0.3) is 5.91 Å². The van der Waals surface area contributed by atoms with Crippen LogP contribution in [0.4, 0.5) is 0 Å². The summed E-state index contributed by atoms with van der Waals surface area (Å²) in [7, 11) is 1.33. The van der Waals surface area contributed by atoms with E-state index < -0.39 is 12.0 Å². The molecule has 2 aliphatic rings. The van der Waals surface area contributed by atoms with Gasteiger partial charge in [0.15, 0.2) is 0 Å². The molecule has 2 amide bonds. The van der Waals surface area contributed by atoms with Gasteiger partial charge < -0.3 is 19.7 Å². The summed E-state index contributed by atoms with van der Waals surface area (Å²) in [6.45, 7) is 7.22. The summed E-state index contributed by atoms with van der Waals surface area (Å²) in [6, 6.07) is -0.625. The van der Waals surface area contributed by atoms with E-state index in [-0.39, 0.29) is 30.4 Å². The molecule has 0 aliphatic carbocycles. The number of esters is 1. The lowest BCUT2D eigenvalue weighted by atomic mass is 9.99. The number of hydrogen-bond acceptors (Lipinski definition) is 6. The summed E-state index contributed by atoms with van der Waals surface area (Å²) in [5.74, 6) is -0.541. The maximum atomic E-state index is 12.3. The van der Waals surface area contributed by atoms with Crippen LogP contribution in [0.1, 0.15) is 33.1 Å². The lowest BCUT2D eigenvalue weighted by molar-refractivity contribution is -0.147. The summed E-state index contributed by atoms with van der Waals surface area (Å²) < 4.78 is 10.2. The summed E-state index contributed by atoms with van der Waals surface area (Å²) in [6.07, 6.45) is 2.21. The predicted octanol–water partition coefficient (Wildman–Crippen LogP) is 0.0135. The van der Waals surface area contributed by atoms with Crippen LogP contribution in [0.3, 0.4) is 0 Å². The Morgan fingerprint density at radius 3 is 2.46 bits per heavy atom. The Morgan fingerprint density at radius 2 is 1.92 bits per heavy atom. The van der Waals surface area contributed by atoms with Crippen LogP contribution in [0, 0.1) is 5.92 Å². The summed E-state index contributed by atoms with van der Waals surface area (Å²) in [5, 5.41) is 2.79. The highest BCUT2D eigenvalue weighted by molar-refractivity contribution is 5.85. The zero-order chi connectivity index (χ0) is 19.1. The minimum absolute atomic E-state index is 0.00674. The van der Waals surface area contributed by atoms with Crippen LogP contribution in [-0.4, -0.2) is 86.2 Å². The number of methoxy groups -OCH3 is 1. The van der Waals surface area contributed by atoms with Crippen molar-refractivity contribution < 1.29 is 23.9 Å². The zero-order valence-corrected chi connectivity index (χ0v) is 16.0. The van der Waals surface area contributed by atoms with Crippen LogP contribution in [0.2, 0.25) is 0 Å². The molecule has 8 heteroatoms. The number of piperazine rings is 1. The van der Waals surface area contributed by atoms with Crippen LogP contribution in [0.5, 0.6) is 0 Å². The first-order chi connectivity index (χ1) is 12.5. The fraction of sp³-hybridized carbons (Fsp3) is 0.833. The second kappa shape index (κ2) is 9.87. The molecule has 1 N–H and O–H groups in total. The van der Waals surface area contributed by atoms with Crippen molar-refractivity contribution in [3.05, 3.63) is 0 Å². The summed E-state index contributed by atoms with van der Waals surface area (Å²) in [5.41, 5.74) is 0. The van der Waals surface area contributed by atoms with Gasteiger partial charge in [-0.1, -0.05) is 20.3 Å². The number of hydrogen-bond donors (Lipinski definition) is 1. The van der Waals surface area contributed by atoms with E-state index in [4.69, 9.17) is 9.47 Å². The standard InChI is InChI=1S/C18H31N3O5/c1-4-13(2)16(18(24)25-3)19-15(22)12-20-7-9-21(10-8-20)17(23)14-6-5-11-26-14/h13-14,16H,4-12H2,1-3H3,(H,19,22). The van der Waals surface area contributed by atoms with Crippen molar-refractivity contribution in [1.29, 1.82) is 0 Å². The van der Waals surface area contributed by atoms with Crippen molar-refractivity contribution in [2.75, 3.05) is 46.4 Å². The fourth-order valence-corrected chi connectivity index (χ4v) is 3.32. The molecular formula is C18H31N3O5. The third-order valence-electron chi connectivity index (χ3n) is 5.24. The highest BCUT2D eigenvalue weighted by Crippen LogP contribution is 2.16. The lowest BCUT2D eigenvalue weighted by Gasteiger charge is -2.35. The molecule has 0 spiro atoms. The first kappa shape index (κ1) is 20.6. The molecule has 148 valence electrons. The fourth-order valence-electron chi connectivity index (χ4n) is 3.32. The Hall–Kier alpha value is -1.67. The lowest BCUT2D eigenvalue weighted by Crippen LogP contribution is -2.54. The quantitative estimate of drug-likeness (QED) is 0.636. The molecule has 0 saturated carbocycles. The molecule has 2 aliphatic heterocycles. The monoisotopic (exact) mass is 369 g/mol. The maximum absolute atomic E-state index is 12.3. The van der Waals surface area contributed by atoms with Gasteiger partial charge in [-0.2, -0.15) is 0 Å². The molecule has 0 aromatic rings. The molecule has 3 unspecified atom stereocenters. The van der Waals surface area contributed by atoms with E-state index in [0.717, 1.165) is 19.3 Å². The first-order valence-electron chi connectivity index (χ1n) is 9.46. The van der Waals surface area contributed by atoms with Crippen molar-refractivity contribution in [3.8, 4) is 0 Å². The number of amides is 2. The molecule has 2 rings (SSSR count). The van der Waals surface area contributed by atoms with E-state index in [1.54, 1.807) is 0 Å². The topological polar surface area (TPSA) is 88.2 Å². The second-order valence-electron chi connectivity index (χ2n) is 7.06. The van der Waals surface area contributed by atoms with Gasteiger partial charge in [-0.15, -0.1) is 0 Å². The Balaban J connectivity index is 1.77. The Morgan fingerprint density at radius 1 is 1.23 bits per heavy atom.